The van der Waals surface area contributed by atoms with Gasteiger partial charge in [-0.1, -0.05) is 12.1 Å². The van der Waals surface area contributed by atoms with Crippen LogP contribution in [0.1, 0.15) is 31.2 Å². The minimum Gasteiger partial charge on any atom is -0.347 e. The van der Waals surface area contributed by atoms with Gasteiger partial charge in [0.25, 0.3) is 0 Å². The molecule has 5 nitrogen and oxygen atoms in total. The van der Waals surface area contributed by atoms with Crippen LogP contribution in [0.5, 0.6) is 0 Å². The molecule has 0 radical (unpaired) electrons. The molecule has 2 aromatic rings. The first kappa shape index (κ1) is 17.4. The van der Waals surface area contributed by atoms with Crippen molar-refractivity contribution in [1.29, 1.82) is 0 Å². The Kier molecular flexibility index (Phi) is 3.18. The van der Waals surface area contributed by atoms with Crippen LogP contribution < -0.4 is 0 Å². The maximum absolute atomic E-state index is 14.6. The van der Waals surface area contributed by atoms with E-state index in [0.29, 0.717) is 42.1 Å². The lowest BCUT2D eigenvalue weighted by molar-refractivity contribution is -0.404. The number of fused-ring (bicyclic) bond motifs is 3. The summed E-state index contributed by atoms with van der Waals surface area (Å²) in [6.07, 6.45) is 10.4. The van der Waals surface area contributed by atoms with Gasteiger partial charge in [-0.3, -0.25) is 4.79 Å². The fraction of sp³-hybridized carbons (Fsp3) is 0.500. The molecule has 5 fully saturated rings. The lowest BCUT2D eigenvalue weighted by Gasteiger charge is -2.73. The van der Waals surface area contributed by atoms with Gasteiger partial charge in [-0.15, -0.1) is 0 Å². The molecule has 5 atom stereocenters. The molecule has 2 spiro atoms. The lowest BCUT2D eigenvalue weighted by atomic mass is 9.35. The number of carbonyl (C=O) groups excluding carboxylic acids is 1. The van der Waals surface area contributed by atoms with E-state index in [1.807, 2.05) is 6.07 Å². The second kappa shape index (κ2) is 5.48. The average Bonchev–Trinajstić information content (AvgIpc) is 3.51. The third-order valence-corrected chi connectivity index (χ3v) is 8.93. The number of aromatic nitrogens is 2. The largest absolute Gasteiger partial charge is 0.347 e. The van der Waals surface area contributed by atoms with Gasteiger partial charge >= 0.3 is 0 Å². The summed E-state index contributed by atoms with van der Waals surface area (Å²) >= 11 is 0. The van der Waals surface area contributed by atoms with Crippen LogP contribution in [0.15, 0.2) is 36.8 Å². The molecule has 154 valence electrons. The minimum atomic E-state index is -0.415. The summed E-state index contributed by atoms with van der Waals surface area (Å²) in [4.78, 5) is 20.5. The van der Waals surface area contributed by atoms with E-state index in [2.05, 4.69) is 9.97 Å². The second-order valence-corrected chi connectivity index (χ2v) is 9.80. The van der Waals surface area contributed by atoms with Crippen molar-refractivity contribution in [2.75, 3.05) is 13.2 Å². The van der Waals surface area contributed by atoms with Crippen molar-refractivity contribution < 1.29 is 18.7 Å². The minimum absolute atomic E-state index is 0.131. The van der Waals surface area contributed by atoms with Crippen LogP contribution in [0.4, 0.5) is 4.39 Å². The maximum Gasteiger partial charge on any atom is 0.175 e. The van der Waals surface area contributed by atoms with E-state index in [-0.39, 0.29) is 22.4 Å². The predicted molar refractivity (Wildman–Crippen MR) is 106 cm³/mol. The fourth-order valence-electron chi connectivity index (χ4n) is 7.92. The number of ketones is 1. The van der Waals surface area contributed by atoms with E-state index >= 15 is 0 Å². The summed E-state index contributed by atoms with van der Waals surface area (Å²) in [6.45, 7) is 1.33. The summed E-state index contributed by atoms with van der Waals surface area (Å²) in [7, 11) is 0. The van der Waals surface area contributed by atoms with E-state index in [9.17, 15) is 9.18 Å². The van der Waals surface area contributed by atoms with Gasteiger partial charge in [0, 0.05) is 28.4 Å². The molecule has 1 aliphatic heterocycles. The first-order valence-electron chi connectivity index (χ1n) is 10.9. The molecule has 2 bridgehead atoms. The summed E-state index contributed by atoms with van der Waals surface area (Å²) in [5.41, 5.74) is 1.78. The summed E-state index contributed by atoms with van der Waals surface area (Å²) in [5, 5.41) is 0. The molecule has 1 saturated heterocycles. The third kappa shape index (κ3) is 1.82. The number of carbonyl (C=O) groups is 1. The molecule has 5 aliphatic rings. The SMILES string of the molecule is O=C(/C=C/c1c(F)cccc1-c1cnc[nH]1)C12CC3CC4C5(OCCO5)C(C1)C34C2. The molecule has 4 aliphatic carbocycles. The average molecular weight is 406 g/mol. The zero-order valence-electron chi connectivity index (χ0n) is 16.6. The topological polar surface area (TPSA) is 64.2 Å². The summed E-state index contributed by atoms with van der Waals surface area (Å²) in [6, 6.07) is 4.94. The maximum atomic E-state index is 14.6. The van der Waals surface area contributed by atoms with E-state index in [0.717, 1.165) is 31.4 Å². The predicted octanol–water partition coefficient (Wildman–Crippen LogP) is 3.98. The number of hydrogen-bond donors (Lipinski definition) is 1. The Balaban J connectivity index is 1.21. The molecule has 4 saturated carbocycles. The second-order valence-electron chi connectivity index (χ2n) is 9.80. The van der Waals surface area contributed by atoms with E-state index in [1.54, 1.807) is 30.7 Å². The number of H-pyrrole nitrogens is 1. The first-order chi connectivity index (χ1) is 14.6. The van der Waals surface area contributed by atoms with E-state index in [1.165, 1.54) is 6.07 Å². The van der Waals surface area contributed by atoms with Crippen LogP contribution >= 0.6 is 0 Å². The number of imidazole rings is 1. The van der Waals surface area contributed by atoms with Crippen LogP contribution in [0.3, 0.4) is 0 Å². The summed E-state index contributed by atoms with van der Waals surface area (Å²) < 4.78 is 26.8. The van der Waals surface area contributed by atoms with Gasteiger partial charge in [0.15, 0.2) is 11.6 Å². The number of nitrogens with zero attached hydrogens (tertiary/aromatic N) is 1. The lowest BCUT2D eigenvalue weighted by Crippen LogP contribution is -2.76. The van der Waals surface area contributed by atoms with Gasteiger partial charge in [-0.05, 0) is 55.2 Å². The van der Waals surface area contributed by atoms with Crippen molar-refractivity contribution in [3.63, 3.8) is 0 Å². The van der Waals surface area contributed by atoms with Crippen molar-refractivity contribution >= 4 is 11.9 Å². The molecular weight excluding hydrogens is 383 g/mol. The molecule has 1 aromatic carbocycles. The zero-order chi connectivity index (χ0) is 20.1. The van der Waals surface area contributed by atoms with Crippen LogP contribution in [0.2, 0.25) is 0 Å². The number of rotatable bonds is 4. The number of ether oxygens (including phenoxy) is 2. The Labute approximate surface area is 173 Å². The normalized spacial score (nSPS) is 39.3. The fourth-order valence-corrected chi connectivity index (χ4v) is 7.92. The highest BCUT2D eigenvalue weighted by Gasteiger charge is 2.88. The van der Waals surface area contributed by atoms with Crippen molar-refractivity contribution in [2.45, 2.75) is 31.5 Å². The van der Waals surface area contributed by atoms with Crippen molar-refractivity contribution in [3.05, 3.63) is 48.2 Å². The monoisotopic (exact) mass is 406 g/mol. The standard InChI is InChI=1S/C24H23FN2O3/c25-17-3-1-2-16(18-11-26-13-27-18)15(17)4-5-21(28)22-9-14-8-19-23(14,12-22)20(10-22)24(19)29-6-7-30-24/h1-5,11,13-14,19-20H,6-10,12H2,(H,26,27)/b5-4+. The zero-order valence-corrected chi connectivity index (χ0v) is 16.6. The van der Waals surface area contributed by atoms with Crippen LogP contribution in [-0.4, -0.2) is 34.8 Å². The van der Waals surface area contributed by atoms with Gasteiger partial charge in [-0.2, -0.15) is 0 Å². The number of aromatic amines is 1. The molecule has 7 rings (SSSR count). The highest BCUT2D eigenvalue weighted by Crippen LogP contribution is 2.88. The van der Waals surface area contributed by atoms with E-state index < -0.39 is 5.79 Å². The Morgan fingerprint density at radius 3 is 2.90 bits per heavy atom. The Hall–Kier alpha value is -2.31. The van der Waals surface area contributed by atoms with Gasteiger partial charge < -0.3 is 14.5 Å². The molecule has 0 amide bonds. The third-order valence-electron chi connectivity index (χ3n) is 8.93. The molecule has 30 heavy (non-hydrogen) atoms. The van der Waals surface area contributed by atoms with Crippen LogP contribution in [0.25, 0.3) is 17.3 Å². The van der Waals surface area contributed by atoms with Gasteiger partial charge in [0.05, 0.1) is 31.4 Å². The number of allylic oxidation sites excluding steroid dienone is 1. The number of hydrogen-bond acceptors (Lipinski definition) is 4. The van der Waals surface area contributed by atoms with Gasteiger partial charge in [0.2, 0.25) is 0 Å². The quantitative estimate of drug-likeness (QED) is 0.781. The molecular formula is C24H23FN2O3. The Morgan fingerprint density at radius 1 is 1.23 bits per heavy atom. The Bertz CT molecular complexity index is 1090. The van der Waals surface area contributed by atoms with Gasteiger partial charge in [-0.25, -0.2) is 9.37 Å². The van der Waals surface area contributed by atoms with E-state index in [4.69, 9.17) is 9.47 Å². The van der Waals surface area contributed by atoms with Crippen molar-refractivity contribution in [1.82, 2.24) is 9.97 Å². The summed E-state index contributed by atoms with van der Waals surface area (Å²) in [5.74, 6) is 0.796. The highest BCUT2D eigenvalue weighted by atomic mass is 19.1. The molecule has 1 N–H and O–H groups in total. The number of benzene rings is 1. The number of halogens is 1. The van der Waals surface area contributed by atoms with Crippen LogP contribution in [0, 0.1) is 34.4 Å². The molecule has 1 aromatic heterocycles. The Morgan fingerprint density at radius 2 is 2.10 bits per heavy atom. The number of nitrogens with one attached hydrogen (secondary N) is 1. The molecule has 6 heteroatoms. The first-order valence-corrected chi connectivity index (χ1v) is 10.9. The van der Waals surface area contributed by atoms with Gasteiger partial charge in [0.1, 0.15) is 5.82 Å². The van der Waals surface area contributed by atoms with Crippen molar-refractivity contribution in [3.8, 4) is 11.3 Å². The smallest absolute Gasteiger partial charge is 0.175 e. The van der Waals surface area contributed by atoms with Crippen molar-refractivity contribution in [2.24, 2.45) is 28.6 Å². The molecule has 2 heterocycles. The van der Waals surface area contributed by atoms with Crippen LogP contribution in [-0.2, 0) is 14.3 Å². The molecule has 5 unspecified atom stereocenters. The highest BCUT2D eigenvalue weighted by molar-refractivity contribution is 5.99.